The lowest BCUT2D eigenvalue weighted by Gasteiger charge is -2.19. The van der Waals surface area contributed by atoms with Gasteiger partial charge < -0.3 is 10.2 Å². The zero-order chi connectivity index (χ0) is 8.04. The largest absolute Gasteiger partial charge is 0.393 e. The van der Waals surface area contributed by atoms with Gasteiger partial charge in [0.1, 0.15) is 0 Å². The van der Waals surface area contributed by atoms with Gasteiger partial charge in [-0.1, -0.05) is 26.2 Å². The minimum atomic E-state index is -0.852. The van der Waals surface area contributed by atoms with E-state index in [1.807, 2.05) is 0 Å². The fourth-order valence-electron chi connectivity index (χ4n) is 0.835. The molecule has 1 atom stereocenters. The van der Waals surface area contributed by atoms with Crippen molar-refractivity contribution in [2.75, 3.05) is 6.61 Å². The highest BCUT2D eigenvalue weighted by atomic mass is 32.1. The Morgan fingerprint density at radius 3 is 2.18 bits per heavy atom. The summed E-state index contributed by atoms with van der Waals surface area (Å²) in [5.74, 6) is 0. The Morgan fingerprint density at radius 1 is 1.27 bits per heavy atom. The average Bonchev–Trinajstić information content (AvgIpc) is 1.89. The van der Waals surface area contributed by atoms with Crippen LogP contribution in [0, 0.1) is 0 Å². The van der Waals surface area contributed by atoms with Crippen LogP contribution in [0.2, 0.25) is 0 Å². The number of unbranched alkanes of at least 4 members (excludes halogenated alkanes) is 2. The van der Waals surface area contributed by atoms with Crippen molar-refractivity contribution in [3.8, 4) is 0 Å². The summed E-state index contributed by atoms with van der Waals surface area (Å²) in [5, 5.41) is 17.9. The lowest BCUT2D eigenvalue weighted by Crippen LogP contribution is -2.28. The van der Waals surface area contributed by atoms with Crippen LogP contribution in [-0.4, -0.2) is 22.4 Å². The summed E-state index contributed by atoms with van der Waals surface area (Å²) in [6.45, 7) is 3.66. The Bertz CT molecular complexity index is 84.2. The van der Waals surface area contributed by atoms with Gasteiger partial charge in [-0.2, -0.15) is 13.5 Å². The molecule has 0 aliphatic heterocycles. The Morgan fingerprint density at radius 2 is 1.82 bits per heavy atom. The van der Waals surface area contributed by atoms with Crippen LogP contribution in [0.5, 0.6) is 0 Å². The van der Waals surface area contributed by atoms with Gasteiger partial charge in [-0.05, 0) is 13.3 Å². The Balaban J connectivity index is 0. The van der Waals surface area contributed by atoms with Crippen LogP contribution in [0.3, 0.4) is 0 Å². The molecule has 2 N–H and O–H groups in total. The molecule has 0 aromatic carbocycles. The van der Waals surface area contributed by atoms with Gasteiger partial charge in [0.15, 0.2) is 0 Å². The molecule has 0 rings (SSSR count). The van der Waals surface area contributed by atoms with Crippen molar-refractivity contribution < 1.29 is 10.2 Å². The number of aliphatic hydroxyl groups is 2. The molecule has 3 heteroatoms. The maximum absolute atomic E-state index is 9.30. The molecule has 0 aliphatic carbocycles. The predicted octanol–water partition coefficient (Wildman–Crippen LogP) is 1.42. The van der Waals surface area contributed by atoms with Crippen LogP contribution in [0.4, 0.5) is 0 Å². The molecule has 0 fully saturated rings. The number of aliphatic hydroxyl groups excluding tert-OH is 1. The van der Waals surface area contributed by atoms with E-state index in [1.54, 1.807) is 6.92 Å². The van der Waals surface area contributed by atoms with Gasteiger partial charge in [-0.3, -0.25) is 0 Å². The normalized spacial score (nSPS) is 15.3. The van der Waals surface area contributed by atoms with Gasteiger partial charge in [0.05, 0.1) is 12.2 Å². The predicted molar refractivity (Wildman–Crippen MR) is 52.2 cm³/mol. The van der Waals surface area contributed by atoms with E-state index in [9.17, 15) is 5.11 Å². The molecule has 0 unspecified atom stereocenters. The summed E-state index contributed by atoms with van der Waals surface area (Å²) in [7, 11) is 0. The molecule has 0 amide bonds. The molecule has 11 heavy (non-hydrogen) atoms. The van der Waals surface area contributed by atoms with Crippen LogP contribution >= 0.6 is 13.5 Å². The number of hydrogen-bond acceptors (Lipinski definition) is 2. The standard InChI is InChI=1S/C8H18O2.H2S/c1-3-4-5-6-8(2,10)7-9;/h9-10H,3-7H2,1-2H3;1H2/t8-;/m0./s1. The first-order valence-electron chi connectivity index (χ1n) is 3.95. The first kappa shape index (κ1) is 13.8. The van der Waals surface area contributed by atoms with Crippen molar-refractivity contribution in [1.82, 2.24) is 0 Å². The molecule has 0 aromatic rings. The van der Waals surface area contributed by atoms with E-state index in [4.69, 9.17) is 5.11 Å². The Hall–Kier alpha value is 0.270. The second kappa shape index (κ2) is 6.95. The molecule has 0 aliphatic rings. The second-order valence-corrected chi connectivity index (χ2v) is 3.11. The lowest BCUT2D eigenvalue weighted by atomic mass is 10.00. The molecule has 0 saturated carbocycles. The summed E-state index contributed by atoms with van der Waals surface area (Å²) < 4.78 is 0. The third-order valence-corrected chi connectivity index (χ3v) is 1.66. The monoisotopic (exact) mass is 180 g/mol. The molecular weight excluding hydrogens is 160 g/mol. The molecule has 0 radical (unpaired) electrons. The van der Waals surface area contributed by atoms with E-state index in [0.29, 0.717) is 6.42 Å². The molecule has 0 aromatic heterocycles. The van der Waals surface area contributed by atoms with E-state index in [2.05, 4.69) is 6.92 Å². The summed E-state index contributed by atoms with van der Waals surface area (Å²) in [6, 6.07) is 0. The molecular formula is C8H20O2S. The summed E-state index contributed by atoms with van der Waals surface area (Å²) in [4.78, 5) is 0. The molecule has 70 valence electrons. The van der Waals surface area contributed by atoms with Crippen LogP contribution in [0.15, 0.2) is 0 Å². The van der Waals surface area contributed by atoms with E-state index >= 15 is 0 Å². The fourth-order valence-corrected chi connectivity index (χ4v) is 0.835. The van der Waals surface area contributed by atoms with Crippen LogP contribution in [-0.2, 0) is 0 Å². The lowest BCUT2D eigenvalue weighted by molar-refractivity contribution is -0.00686. The first-order chi connectivity index (χ1) is 4.62. The van der Waals surface area contributed by atoms with Gasteiger partial charge in [-0.25, -0.2) is 0 Å². The van der Waals surface area contributed by atoms with E-state index in [0.717, 1.165) is 19.3 Å². The highest BCUT2D eigenvalue weighted by molar-refractivity contribution is 7.59. The SMILES string of the molecule is CCCCC[C@](C)(O)CO.S. The van der Waals surface area contributed by atoms with Gasteiger partial charge in [-0.15, -0.1) is 0 Å². The maximum Gasteiger partial charge on any atom is 0.0849 e. The van der Waals surface area contributed by atoms with Crippen molar-refractivity contribution in [2.45, 2.75) is 45.1 Å². The van der Waals surface area contributed by atoms with Gasteiger partial charge in [0.25, 0.3) is 0 Å². The quantitative estimate of drug-likeness (QED) is 0.628. The minimum Gasteiger partial charge on any atom is -0.393 e. The first-order valence-corrected chi connectivity index (χ1v) is 3.95. The summed E-state index contributed by atoms with van der Waals surface area (Å²) >= 11 is 0. The maximum atomic E-state index is 9.30. The average molecular weight is 180 g/mol. The van der Waals surface area contributed by atoms with E-state index < -0.39 is 5.60 Å². The van der Waals surface area contributed by atoms with Crippen LogP contribution in [0.1, 0.15) is 39.5 Å². The Labute approximate surface area is 76.1 Å². The number of hydrogen-bond donors (Lipinski definition) is 2. The topological polar surface area (TPSA) is 40.5 Å². The molecule has 0 heterocycles. The van der Waals surface area contributed by atoms with Crippen molar-refractivity contribution >= 4 is 13.5 Å². The van der Waals surface area contributed by atoms with Gasteiger partial charge in [0.2, 0.25) is 0 Å². The highest BCUT2D eigenvalue weighted by Crippen LogP contribution is 2.12. The third kappa shape index (κ3) is 8.17. The second-order valence-electron chi connectivity index (χ2n) is 3.11. The van der Waals surface area contributed by atoms with Gasteiger partial charge in [0, 0.05) is 0 Å². The molecule has 0 saturated heterocycles. The van der Waals surface area contributed by atoms with E-state index in [1.165, 1.54) is 0 Å². The van der Waals surface area contributed by atoms with Crippen LogP contribution < -0.4 is 0 Å². The van der Waals surface area contributed by atoms with Crippen molar-refractivity contribution in [3.63, 3.8) is 0 Å². The third-order valence-electron chi connectivity index (χ3n) is 1.66. The zero-order valence-electron chi connectivity index (χ0n) is 7.43. The van der Waals surface area contributed by atoms with Gasteiger partial charge >= 0.3 is 0 Å². The molecule has 2 nitrogen and oxygen atoms in total. The van der Waals surface area contributed by atoms with Crippen molar-refractivity contribution in [2.24, 2.45) is 0 Å². The smallest absolute Gasteiger partial charge is 0.0849 e. The molecule has 0 bridgehead atoms. The van der Waals surface area contributed by atoms with Crippen molar-refractivity contribution in [3.05, 3.63) is 0 Å². The molecule has 0 spiro atoms. The summed E-state index contributed by atoms with van der Waals surface area (Å²) in [5.41, 5.74) is -0.852. The Kier molecular flexibility index (Phi) is 8.74. The number of rotatable bonds is 5. The zero-order valence-corrected chi connectivity index (χ0v) is 8.43. The van der Waals surface area contributed by atoms with Crippen LogP contribution in [0.25, 0.3) is 0 Å². The highest BCUT2D eigenvalue weighted by Gasteiger charge is 2.17. The van der Waals surface area contributed by atoms with Crippen molar-refractivity contribution in [1.29, 1.82) is 0 Å². The fraction of sp³-hybridized carbons (Fsp3) is 1.00. The van der Waals surface area contributed by atoms with E-state index in [-0.39, 0.29) is 20.1 Å². The minimum absolute atomic E-state index is 0. The summed E-state index contributed by atoms with van der Waals surface area (Å²) in [6.07, 6.45) is 4.00.